The fourth-order valence-corrected chi connectivity index (χ4v) is 5.55. The molecule has 140 valence electrons. The Labute approximate surface area is 168 Å². The van der Waals surface area contributed by atoms with Crippen LogP contribution in [-0.4, -0.2) is 33.5 Å². The molecule has 0 saturated carbocycles. The van der Waals surface area contributed by atoms with E-state index in [9.17, 15) is 0 Å². The second-order valence-corrected chi connectivity index (χ2v) is 12.0. The number of rotatable bonds is 12. The third-order valence-electron chi connectivity index (χ3n) is 2.20. The Morgan fingerprint density at radius 3 is 1.38 bits per heavy atom. The zero-order chi connectivity index (χ0) is 19.2. The van der Waals surface area contributed by atoms with Crippen molar-refractivity contribution in [2.45, 2.75) is 46.3 Å². The van der Waals surface area contributed by atoms with Crippen LogP contribution in [0.3, 0.4) is 0 Å². The molecule has 0 aliphatic heterocycles. The molecule has 0 aliphatic carbocycles. The molecule has 0 aromatic rings. The minimum Gasteiger partial charge on any atom is -0.156 e. The van der Waals surface area contributed by atoms with Crippen LogP contribution in [0.15, 0.2) is 48.6 Å². The molecule has 0 aromatic carbocycles. The van der Waals surface area contributed by atoms with Gasteiger partial charge in [0.05, 0.1) is 0 Å². The molecule has 0 rings (SSSR count). The van der Waals surface area contributed by atoms with E-state index in [4.69, 9.17) is 0 Å². The molecule has 0 amide bonds. The fourth-order valence-electron chi connectivity index (χ4n) is 1.12. The SMILES string of the molecule is C=C(C)CSCC(C)(C)SCC(=C)C.C=C(C)CSSCC(=C)C. The molecule has 0 heterocycles. The molecule has 0 atom stereocenters. The minimum atomic E-state index is 0.346. The maximum Gasteiger partial charge on any atom is 0.0242 e. The van der Waals surface area contributed by atoms with Gasteiger partial charge in [0.2, 0.25) is 0 Å². The van der Waals surface area contributed by atoms with Crippen LogP contribution in [0.2, 0.25) is 0 Å². The molecule has 0 bridgehead atoms. The van der Waals surface area contributed by atoms with E-state index < -0.39 is 0 Å². The van der Waals surface area contributed by atoms with Crippen LogP contribution in [0.4, 0.5) is 0 Å². The maximum atomic E-state index is 3.92. The molecule has 0 unspecified atom stereocenters. The van der Waals surface area contributed by atoms with Gasteiger partial charge in [0, 0.05) is 33.5 Å². The van der Waals surface area contributed by atoms with E-state index in [1.54, 1.807) is 0 Å². The standard InChI is InChI=1S/C12H22S2.C8H14S2/c1-10(2)7-13-9-12(5,6)14-8-11(3)4;1-7(2)5-9-10-6-8(3)4/h1,3,7-9H2,2,4-6H3;1,3,5-6H2,2,4H3. The summed E-state index contributed by atoms with van der Waals surface area (Å²) in [5, 5.41) is 0. The summed E-state index contributed by atoms with van der Waals surface area (Å²) in [4.78, 5) is 0. The molecule has 0 radical (unpaired) electrons. The Kier molecular flexibility index (Phi) is 17.3. The molecule has 0 aliphatic rings. The lowest BCUT2D eigenvalue weighted by Crippen LogP contribution is -2.19. The van der Waals surface area contributed by atoms with Crippen LogP contribution in [-0.2, 0) is 0 Å². The van der Waals surface area contributed by atoms with Crippen molar-refractivity contribution in [1.82, 2.24) is 0 Å². The average Bonchev–Trinajstić information content (AvgIpc) is 2.41. The first kappa shape index (κ1) is 26.6. The molecule has 0 fully saturated rings. The van der Waals surface area contributed by atoms with Gasteiger partial charge in [-0.25, -0.2) is 0 Å². The Bertz CT molecular complexity index is 392. The first-order chi connectivity index (χ1) is 11.0. The normalized spacial score (nSPS) is 10.6. The summed E-state index contributed by atoms with van der Waals surface area (Å²) in [5.74, 6) is 5.44. The summed E-state index contributed by atoms with van der Waals surface area (Å²) in [6.07, 6.45) is 0. The van der Waals surface area contributed by atoms with Crippen LogP contribution in [0.25, 0.3) is 0 Å². The topological polar surface area (TPSA) is 0 Å². The summed E-state index contributed by atoms with van der Waals surface area (Å²) >= 11 is 3.96. The Hall–Kier alpha value is 0.360. The summed E-state index contributed by atoms with van der Waals surface area (Å²) in [7, 11) is 3.69. The van der Waals surface area contributed by atoms with Crippen molar-refractivity contribution < 1.29 is 0 Å². The van der Waals surface area contributed by atoms with Crippen LogP contribution in [0.5, 0.6) is 0 Å². The Balaban J connectivity index is 0. The first-order valence-electron chi connectivity index (χ1n) is 8.00. The summed E-state index contributed by atoms with van der Waals surface area (Å²) < 4.78 is 0.346. The van der Waals surface area contributed by atoms with Crippen molar-refractivity contribution in [2.75, 3.05) is 28.8 Å². The lowest BCUT2D eigenvalue weighted by atomic mass is 10.2. The predicted molar refractivity (Wildman–Crippen MR) is 128 cm³/mol. The minimum absolute atomic E-state index is 0.346. The van der Waals surface area contributed by atoms with Gasteiger partial charge in [-0.05, 0) is 41.5 Å². The lowest BCUT2D eigenvalue weighted by Gasteiger charge is -2.23. The van der Waals surface area contributed by atoms with Gasteiger partial charge in [-0.2, -0.15) is 23.5 Å². The van der Waals surface area contributed by atoms with E-state index in [2.05, 4.69) is 54.0 Å². The zero-order valence-corrected chi connectivity index (χ0v) is 19.8. The zero-order valence-electron chi connectivity index (χ0n) is 16.5. The first-order valence-corrected chi connectivity index (χ1v) is 12.6. The number of hydrogen-bond donors (Lipinski definition) is 0. The van der Waals surface area contributed by atoms with Gasteiger partial charge < -0.3 is 0 Å². The molecule has 24 heavy (non-hydrogen) atoms. The molecular formula is C20H36S4. The molecule has 0 aromatic heterocycles. The molecule has 4 heteroatoms. The van der Waals surface area contributed by atoms with E-state index in [-0.39, 0.29) is 0 Å². The fraction of sp³-hybridized carbons (Fsp3) is 0.600. The third kappa shape index (κ3) is 24.6. The van der Waals surface area contributed by atoms with Crippen molar-refractivity contribution in [2.24, 2.45) is 0 Å². The number of hydrogen-bond acceptors (Lipinski definition) is 4. The smallest absolute Gasteiger partial charge is 0.0242 e. The van der Waals surface area contributed by atoms with Gasteiger partial charge in [0.15, 0.2) is 0 Å². The third-order valence-corrected chi connectivity index (χ3v) is 8.16. The highest BCUT2D eigenvalue weighted by Crippen LogP contribution is 2.30. The highest BCUT2D eigenvalue weighted by molar-refractivity contribution is 8.76. The van der Waals surface area contributed by atoms with Gasteiger partial charge in [-0.3, -0.25) is 0 Å². The monoisotopic (exact) mass is 404 g/mol. The van der Waals surface area contributed by atoms with Gasteiger partial charge in [-0.15, -0.1) is 0 Å². The quantitative estimate of drug-likeness (QED) is 0.184. The number of thioether (sulfide) groups is 2. The predicted octanol–water partition coefficient (Wildman–Crippen LogP) is 7.90. The average molecular weight is 405 g/mol. The van der Waals surface area contributed by atoms with E-state index >= 15 is 0 Å². The molecule has 0 nitrogen and oxygen atoms in total. The Morgan fingerprint density at radius 2 is 1.04 bits per heavy atom. The van der Waals surface area contributed by atoms with Crippen molar-refractivity contribution in [3.8, 4) is 0 Å². The summed E-state index contributed by atoms with van der Waals surface area (Å²) in [6.45, 7) is 28.3. The largest absolute Gasteiger partial charge is 0.156 e. The summed E-state index contributed by atoms with van der Waals surface area (Å²) in [5.41, 5.74) is 4.99. The van der Waals surface area contributed by atoms with Crippen molar-refractivity contribution in [3.05, 3.63) is 48.6 Å². The van der Waals surface area contributed by atoms with E-state index in [0.29, 0.717) is 4.75 Å². The molecule has 0 N–H and O–H groups in total. The van der Waals surface area contributed by atoms with Crippen LogP contribution in [0, 0.1) is 0 Å². The molecular weight excluding hydrogens is 368 g/mol. The van der Waals surface area contributed by atoms with Crippen molar-refractivity contribution >= 4 is 45.1 Å². The summed E-state index contributed by atoms with van der Waals surface area (Å²) in [6, 6.07) is 0. The second-order valence-electron chi connectivity index (χ2n) is 6.89. The van der Waals surface area contributed by atoms with Gasteiger partial charge >= 0.3 is 0 Å². The van der Waals surface area contributed by atoms with Crippen LogP contribution >= 0.6 is 45.1 Å². The Morgan fingerprint density at radius 1 is 0.667 bits per heavy atom. The van der Waals surface area contributed by atoms with Crippen LogP contribution < -0.4 is 0 Å². The highest BCUT2D eigenvalue weighted by Gasteiger charge is 2.17. The molecule has 0 saturated heterocycles. The van der Waals surface area contributed by atoms with Crippen molar-refractivity contribution in [1.29, 1.82) is 0 Å². The van der Waals surface area contributed by atoms with Gasteiger partial charge in [0.1, 0.15) is 0 Å². The van der Waals surface area contributed by atoms with Gasteiger partial charge in [0.25, 0.3) is 0 Å². The van der Waals surface area contributed by atoms with E-state index in [1.807, 2.05) is 59.0 Å². The highest BCUT2D eigenvalue weighted by atomic mass is 33.1. The maximum absolute atomic E-state index is 3.92. The van der Waals surface area contributed by atoms with E-state index in [1.165, 1.54) is 28.0 Å². The van der Waals surface area contributed by atoms with E-state index in [0.717, 1.165) is 23.0 Å². The van der Waals surface area contributed by atoms with Crippen LogP contribution in [0.1, 0.15) is 41.5 Å². The van der Waals surface area contributed by atoms with Crippen molar-refractivity contribution in [3.63, 3.8) is 0 Å². The second kappa shape index (κ2) is 15.6. The van der Waals surface area contributed by atoms with Gasteiger partial charge in [-0.1, -0.05) is 70.2 Å². The molecule has 0 spiro atoms. The lowest BCUT2D eigenvalue weighted by molar-refractivity contribution is 0.817.